The van der Waals surface area contributed by atoms with E-state index >= 15 is 0 Å². The lowest BCUT2D eigenvalue weighted by Gasteiger charge is -2.07. The van der Waals surface area contributed by atoms with E-state index in [9.17, 15) is 15.2 Å². The van der Waals surface area contributed by atoms with E-state index in [0.717, 1.165) is 0 Å². The largest absolute Gasteiger partial charge is 0.612 e. The van der Waals surface area contributed by atoms with Crippen molar-refractivity contribution in [2.45, 2.75) is 0 Å². The number of aromatic amines is 1. The molecule has 3 aromatic rings. The number of rotatable bonds is 1. The van der Waals surface area contributed by atoms with Crippen molar-refractivity contribution in [3.8, 4) is 0 Å². The first kappa shape index (κ1) is 12.0. The third-order valence-corrected chi connectivity index (χ3v) is 3.03. The van der Waals surface area contributed by atoms with Gasteiger partial charge >= 0.3 is 5.97 Å². The maximum Gasteiger partial charge on any atom is 0.337 e. The standard InChI is InChI=1S/C13H8N3O4/c17-13(18)8-1-2-11(16(19)20)9-5-7-6-14-4-3-10(7)15-12(8)9/h1-6H,(H2-,14,15,17,18,19,20)/q-1. The SMILES string of the molecule is O=C(O)c1ccc(=[N+]([O-])[O-])c2cc3c[nH]ccc3nc12. The number of hydrogen-bond acceptors (Lipinski definition) is 4. The molecular formula is C13H8N3O4-. The van der Waals surface area contributed by atoms with Gasteiger partial charge in [0.15, 0.2) is 0 Å². The van der Waals surface area contributed by atoms with Gasteiger partial charge in [0.05, 0.1) is 22.0 Å². The molecule has 0 atom stereocenters. The number of carboxylic acid groups (broad SMARTS) is 1. The molecule has 0 aliphatic heterocycles. The van der Waals surface area contributed by atoms with Crippen LogP contribution in [0.25, 0.3) is 21.8 Å². The highest BCUT2D eigenvalue weighted by atomic mass is 16.8. The van der Waals surface area contributed by atoms with Gasteiger partial charge in [-0.2, -0.15) is 4.90 Å². The van der Waals surface area contributed by atoms with E-state index in [1.807, 2.05) is 0 Å². The van der Waals surface area contributed by atoms with Gasteiger partial charge in [0.2, 0.25) is 5.36 Å². The predicted octanol–water partition coefficient (Wildman–Crippen LogP) is 1.18. The molecule has 1 aromatic carbocycles. The highest BCUT2D eigenvalue weighted by Crippen LogP contribution is 2.19. The van der Waals surface area contributed by atoms with Gasteiger partial charge < -0.3 is 20.5 Å². The lowest BCUT2D eigenvalue weighted by Crippen LogP contribution is -2.20. The van der Waals surface area contributed by atoms with E-state index in [2.05, 4.69) is 9.97 Å². The van der Waals surface area contributed by atoms with Gasteiger partial charge in [0, 0.05) is 23.8 Å². The molecule has 0 saturated carbocycles. The first-order valence-electron chi connectivity index (χ1n) is 5.69. The molecule has 0 spiro atoms. The summed E-state index contributed by atoms with van der Waals surface area (Å²) in [5.74, 6) is -1.17. The number of pyridine rings is 2. The number of fused-ring (bicyclic) bond motifs is 2. The summed E-state index contributed by atoms with van der Waals surface area (Å²) in [4.78, 5) is 17.8. The first-order valence-corrected chi connectivity index (χ1v) is 5.69. The topological polar surface area (TPSA) is 115 Å². The molecule has 0 bridgehead atoms. The average molecular weight is 270 g/mol. The Bertz CT molecular complexity index is 910. The molecule has 20 heavy (non-hydrogen) atoms. The molecule has 0 radical (unpaired) electrons. The number of H-pyrrole nitrogens is 1. The minimum absolute atomic E-state index is 0.0552. The normalized spacial score (nSPS) is 10.8. The Morgan fingerprint density at radius 3 is 2.80 bits per heavy atom. The zero-order valence-electron chi connectivity index (χ0n) is 10.0. The molecule has 0 amide bonds. The van der Waals surface area contributed by atoms with Gasteiger partial charge in [-0.15, -0.1) is 0 Å². The van der Waals surface area contributed by atoms with Gasteiger partial charge in [-0.3, -0.25) is 0 Å². The summed E-state index contributed by atoms with van der Waals surface area (Å²) in [5.41, 5.74) is 0.630. The summed E-state index contributed by atoms with van der Waals surface area (Å²) in [7, 11) is 0. The highest BCUT2D eigenvalue weighted by Gasteiger charge is 2.14. The molecule has 0 aliphatic rings. The van der Waals surface area contributed by atoms with Crippen LogP contribution in [0.4, 0.5) is 0 Å². The Hall–Kier alpha value is -3.09. The van der Waals surface area contributed by atoms with E-state index in [0.29, 0.717) is 10.9 Å². The Morgan fingerprint density at radius 1 is 1.30 bits per heavy atom. The van der Waals surface area contributed by atoms with E-state index in [1.54, 1.807) is 24.5 Å². The van der Waals surface area contributed by atoms with Crippen molar-refractivity contribution in [3.05, 3.63) is 58.0 Å². The molecule has 0 unspecified atom stereocenters. The fourth-order valence-electron chi connectivity index (χ4n) is 2.12. The lowest BCUT2D eigenvalue weighted by molar-refractivity contribution is 0.0699. The van der Waals surface area contributed by atoms with Crippen LogP contribution in [0.3, 0.4) is 0 Å². The van der Waals surface area contributed by atoms with E-state index < -0.39 is 10.9 Å². The monoisotopic (exact) mass is 270 g/mol. The fourth-order valence-corrected chi connectivity index (χ4v) is 2.12. The Balaban J connectivity index is 2.60. The van der Waals surface area contributed by atoms with Crippen molar-refractivity contribution in [1.82, 2.24) is 14.9 Å². The van der Waals surface area contributed by atoms with Crippen molar-refractivity contribution in [3.63, 3.8) is 0 Å². The van der Waals surface area contributed by atoms with E-state index in [1.165, 1.54) is 12.1 Å². The zero-order chi connectivity index (χ0) is 14.3. The van der Waals surface area contributed by atoms with Gasteiger partial charge in [-0.25, -0.2) is 9.78 Å². The van der Waals surface area contributed by atoms with Gasteiger partial charge in [0.25, 0.3) is 0 Å². The summed E-state index contributed by atoms with van der Waals surface area (Å²) in [6.07, 6.45) is 3.30. The highest BCUT2D eigenvalue weighted by molar-refractivity contribution is 6.04. The van der Waals surface area contributed by atoms with Crippen molar-refractivity contribution in [2.24, 2.45) is 0 Å². The van der Waals surface area contributed by atoms with Gasteiger partial charge in [0.1, 0.15) is 0 Å². The maximum atomic E-state index is 11.2. The molecule has 0 fully saturated rings. The summed E-state index contributed by atoms with van der Waals surface area (Å²) >= 11 is 0. The molecule has 2 N–H and O–H groups in total. The van der Waals surface area contributed by atoms with Crippen LogP contribution >= 0.6 is 0 Å². The lowest BCUT2D eigenvalue weighted by atomic mass is 10.1. The summed E-state index contributed by atoms with van der Waals surface area (Å²) in [5, 5.41) is 32.0. The molecule has 3 rings (SSSR count). The molecule has 100 valence electrons. The van der Waals surface area contributed by atoms with Crippen molar-refractivity contribution in [2.75, 3.05) is 0 Å². The van der Waals surface area contributed by atoms with Crippen LogP contribution in [0.5, 0.6) is 0 Å². The second-order valence-corrected chi connectivity index (χ2v) is 4.20. The van der Waals surface area contributed by atoms with Crippen LogP contribution in [-0.4, -0.2) is 21.0 Å². The quantitative estimate of drug-likeness (QED) is 0.509. The molecular weight excluding hydrogens is 262 g/mol. The molecule has 7 nitrogen and oxygen atoms in total. The second kappa shape index (κ2) is 4.23. The minimum atomic E-state index is -1.17. The third kappa shape index (κ3) is 1.72. The molecule has 0 aliphatic carbocycles. The van der Waals surface area contributed by atoms with E-state index in [4.69, 9.17) is 5.11 Å². The fraction of sp³-hybridized carbons (Fsp3) is 0. The number of carbonyl (C=O) groups is 1. The Morgan fingerprint density at radius 2 is 2.10 bits per heavy atom. The van der Waals surface area contributed by atoms with E-state index in [-0.39, 0.29) is 21.8 Å². The minimum Gasteiger partial charge on any atom is -0.612 e. The number of nitrogens with zero attached hydrogens (tertiary/aromatic N) is 2. The van der Waals surface area contributed by atoms with Crippen LogP contribution in [0, 0.1) is 10.4 Å². The second-order valence-electron chi connectivity index (χ2n) is 4.20. The summed E-state index contributed by atoms with van der Waals surface area (Å²) in [6, 6.07) is 5.64. The molecule has 7 heteroatoms. The van der Waals surface area contributed by atoms with Crippen molar-refractivity contribution in [1.29, 1.82) is 0 Å². The molecule has 0 saturated heterocycles. The Labute approximate surface area is 111 Å². The number of hydrogen-bond donors (Lipinski definition) is 2. The Kier molecular flexibility index (Phi) is 2.53. The zero-order valence-corrected chi connectivity index (χ0v) is 10.0. The maximum absolute atomic E-state index is 11.2. The van der Waals surface area contributed by atoms with Gasteiger partial charge in [-0.05, 0) is 18.2 Å². The summed E-state index contributed by atoms with van der Waals surface area (Å²) < 4.78 is 0. The number of aromatic nitrogens is 2. The van der Waals surface area contributed by atoms with Crippen LogP contribution in [0.2, 0.25) is 0 Å². The number of carboxylic acids is 1. The number of aromatic carboxylic acids is 1. The third-order valence-electron chi connectivity index (χ3n) is 3.03. The van der Waals surface area contributed by atoms with Crippen LogP contribution in [-0.2, 0) is 0 Å². The number of nitrogens with one attached hydrogen (secondary N) is 1. The molecule has 2 aromatic heterocycles. The van der Waals surface area contributed by atoms with Crippen LogP contribution in [0.1, 0.15) is 10.4 Å². The first-order chi connectivity index (χ1) is 9.58. The molecule has 2 heterocycles. The average Bonchev–Trinajstić information content (AvgIpc) is 2.43. The van der Waals surface area contributed by atoms with Crippen molar-refractivity contribution >= 4 is 27.8 Å². The van der Waals surface area contributed by atoms with Crippen LogP contribution < -0.4 is 10.3 Å². The van der Waals surface area contributed by atoms with Crippen LogP contribution in [0.15, 0.2) is 36.7 Å². The smallest absolute Gasteiger partial charge is 0.337 e. The van der Waals surface area contributed by atoms with Gasteiger partial charge in [-0.1, -0.05) is 0 Å². The summed E-state index contributed by atoms with van der Waals surface area (Å²) in [6.45, 7) is 0. The predicted molar refractivity (Wildman–Crippen MR) is 72.6 cm³/mol. The number of benzene rings is 1. The van der Waals surface area contributed by atoms with Crippen molar-refractivity contribution < 1.29 is 9.90 Å².